The zero-order valence-electron chi connectivity index (χ0n) is 6.10. The van der Waals surface area contributed by atoms with Crippen molar-refractivity contribution in [3.63, 3.8) is 0 Å². The first-order valence-electron chi connectivity index (χ1n) is 3.26. The highest BCUT2D eigenvalue weighted by Crippen LogP contribution is 2.52. The second-order valence-corrected chi connectivity index (χ2v) is 4.57. The normalized spacial score (nSPS) is 22.5. The summed E-state index contributed by atoms with van der Waals surface area (Å²) in [5.41, 5.74) is 0. The third kappa shape index (κ3) is 1.38. The third-order valence-corrected chi connectivity index (χ3v) is 4.67. The maximum atomic E-state index is 6.10. The average molecular weight is 266 g/mol. The van der Waals surface area contributed by atoms with Gasteiger partial charge in [-0.05, 0) is 6.42 Å². The molecule has 0 atom stereocenters. The molecule has 0 amide bonds. The number of allylic oxidation sites excluding steroid dienone is 4. The lowest BCUT2D eigenvalue weighted by Gasteiger charge is -2.19. The predicted octanol–water partition coefficient (Wildman–Crippen LogP) is 4.77. The molecule has 0 aromatic rings. The molecule has 0 nitrogen and oxygen atoms in total. The van der Waals surface area contributed by atoms with Crippen molar-refractivity contribution in [2.45, 2.75) is 18.2 Å². The molecule has 1 aliphatic carbocycles. The van der Waals surface area contributed by atoms with E-state index in [1.54, 1.807) is 0 Å². The van der Waals surface area contributed by atoms with E-state index in [2.05, 4.69) is 0 Å². The van der Waals surface area contributed by atoms with Crippen LogP contribution >= 0.6 is 58.0 Å². The molecule has 0 aromatic carbocycles. The highest BCUT2D eigenvalue weighted by molar-refractivity contribution is 6.58. The van der Waals surface area contributed by atoms with Gasteiger partial charge in [0.05, 0.1) is 20.1 Å². The first-order chi connectivity index (χ1) is 5.45. The van der Waals surface area contributed by atoms with E-state index >= 15 is 0 Å². The number of alkyl halides is 1. The Morgan fingerprint density at radius 3 is 1.50 bits per heavy atom. The minimum Gasteiger partial charge on any atom is -0.107 e. The summed E-state index contributed by atoms with van der Waals surface area (Å²) in [6.07, 6.45) is 0.554. The maximum Gasteiger partial charge on any atom is 0.118 e. The minimum atomic E-state index is -0.905. The van der Waals surface area contributed by atoms with Gasteiger partial charge in [0, 0.05) is 0 Å². The summed E-state index contributed by atoms with van der Waals surface area (Å²) in [7, 11) is 0. The molecule has 0 N–H and O–H groups in total. The second kappa shape index (κ2) is 3.59. The first kappa shape index (κ1) is 11.0. The van der Waals surface area contributed by atoms with Crippen LogP contribution in [0.1, 0.15) is 13.3 Å². The van der Waals surface area contributed by atoms with Crippen LogP contribution in [0.5, 0.6) is 0 Å². The van der Waals surface area contributed by atoms with E-state index in [4.69, 9.17) is 58.0 Å². The van der Waals surface area contributed by atoms with Crippen LogP contribution < -0.4 is 0 Å². The molecule has 68 valence electrons. The van der Waals surface area contributed by atoms with Gasteiger partial charge in [0.25, 0.3) is 0 Å². The van der Waals surface area contributed by atoms with Gasteiger partial charge < -0.3 is 0 Å². The molecule has 0 fully saturated rings. The van der Waals surface area contributed by atoms with Crippen molar-refractivity contribution in [2.75, 3.05) is 0 Å². The number of hydrogen-bond donors (Lipinski definition) is 0. The summed E-state index contributed by atoms with van der Waals surface area (Å²) in [6.45, 7) is 1.86. The van der Waals surface area contributed by atoms with Gasteiger partial charge in [0.15, 0.2) is 0 Å². The average Bonchev–Trinajstić information content (AvgIpc) is 2.22. The van der Waals surface area contributed by atoms with Crippen LogP contribution in [0, 0.1) is 0 Å². The fourth-order valence-corrected chi connectivity index (χ4v) is 2.54. The monoisotopic (exact) mass is 264 g/mol. The highest BCUT2D eigenvalue weighted by atomic mass is 35.5. The molecule has 0 unspecified atom stereocenters. The Hall–Kier alpha value is 0.930. The smallest absolute Gasteiger partial charge is 0.107 e. The number of halogens is 5. The largest absolute Gasteiger partial charge is 0.118 e. The quantitative estimate of drug-likeness (QED) is 0.600. The summed E-state index contributed by atoms with van der Waals surface area (Å²) in [4.78, 5) is -0.905. The van der Waals surface area contributed by atoms with E-state index in [0.717, 1.165) is 0 Å². The van der Waals surface area contributed by atoms with Crippen LogP contribution in [0.3, 0.4) is 0 Å². The molecule has 0 radical (unpaired) electrons. The third-order valence-electron chi connectivity index (χ3n) is 1.76. The Balaban J connectivity index is 3.25. The van der Waals surface area contributed by atoms with Crippen LogP contribution in [0.2, 0.25) is 0 Å². The Bertz CT molecular complexity index is 252. The lowest BCUT2D eigenvalue weighted by molar-refractivity contribution is 0.799. The van der Waals surface area contributed by atoms with E-state index < -0.39 is 4.87 Å². The minimum absolute atomic E-state index is 0.250. The van der Waals surface area contributed by atoms with Gasteiger partial charge in [0.1, 0.15) is 4.87 Å². The van der Waals surface area contributed by atoms with E-state index in [1.807, 2.05) is 6.92 Å². The van der Waals surface area contributed by atoms with Gasteiger partial charge in [-0.3, -0.25) is 0 Å². The predicted molar refractivity (Wildman–Crippen MR) is 56.3 cm³/mol. The molecule has 12 heavy (non-hydrogen) atoms. The van der Waals surface area contributed by atoms with Crippen molar-refractivity contribution < 1.29 is 0 Å². The second-order valence-electron chi connectivity index (χ2n) is 2.41. The summed E-state index contributed by atoms with van der Waals surface area (Å²) < 4.78 is 0. The van der Waals surface area contributed by atoms with Crippen LogP contribution in [0.15, 0.2) is 20.1 Å². The van der Waals surface area contributed by atoms with Gasteiger partial charge in [-0.1, -0.05) is 53.3 Å². The zero-order valence-corrected chi connectivity index (χ0v) is 9.88. The van der Waals surface area contributed by atoms with E-state index in [-0.39, 0.29) is 10.1 Å². The van der Waals surface area contributed by atoms with Gasteiger partial charge in [-0.25, -0.2) is 0 Å². The Morgan fingerprint density at radius 2 is 1.33 bits per heavy atom. The molecule has 1 aliphatic rings. The lowest BCUT2D eigenvalue weighted by atomic mass is 10.1. The number of hydrogen-bond acceptors (Lipinski definition) is 0. The molecular formula is C7H5Cl5. The van der Waals surface area contributed by atoms with Crippen LogP contribution in [0.25, 0.3) is 0 Å². The summed E-state index contributed by atoms with van der Waals surface area (Å²) >= 11 is 29.3. The number of rotatable bonds is 1. The lowest BCUT2D eigenvalue weighted by Crippen LogP contribution is -2.18. The van der Waals surface area contributed by atoms with Crippen LogP contribution in [-0.4, -0.2) is 4.87 Å². The Morgan fingerprint density at radius 1 is 1.00 bits per heavy atom. The van der Waals surface area contributed by atoms with Crippen LogP contribution in [0.4, 0.5) is 0 Å². The molecule has 0 aliphatic heterocycles. The van der Waals surface area contributed by atoms with Crippen LogP contribution in [-0.2, 0) is 0 Å². The van der Waals surface area contributed by atoms with Gasteiger partial charge >= 0.3 is 0 Å². The Labute approximate surface area is 96.1 Å². The van der Waals surface area contributed by atoms with E-state index in [1.165, 1.54) is 0 Å². The molecule has 0 aromatic heterocycles. The van der Waals surface area contributed by atoms with Crippen molar-refractivity contribution in [1.29, 1.82) is 0 Å². The van der Waals surface area contributed by atoms with Crippen molar-refractivity contribution >= 4 is 58.0 Å². The molecule has 0 saturated carbocycles. The topological polar surface area (TPSA) is 0 Å². The molecule has 0 saturated heterocycles. The fraction of sp³-hybridized carbons (Fsp3) is 0.429. The molecule has 5 heteroatoms. The Kier molecular flexibility index (Phi) is 3.29. The molecular weight excluding hydrogens is 261 g/mol. The SMILES string of the molecule is CCC1(Cl)C(Cl)=C(Cl)C(Cl)=C1Cl. The maximum absolute atomic E-state index is 6.10. The van der Waals surface area contributed by atoms with Gasteiger partial charge in [-0.2, -0.15) is 0 Å². The van der Waals surface area contributed by atoms with Crippen molar-refractivity contribution in [1.82, 2.24) is 0 Å². The van der Waals surface area contributed by atoms with Gasteiger partial charge in [-0.15, -0.1) is 11.6 Å². The molecule has 0 bridgehead atoms. The van der Waals surface area contributed by atoms with Crippen molar-refractivity contribution in [3.05, 3.63) is 20.1 Å². The fourth-order valence-electron chi connectivity index (χ4n) is 0.947. The van der Waals surface area contributed by atoms with Crippen molar-refractivity contribution in [3.8, 4) is 0 Å². The summed E-state index contributed by atoms with van der Waals surface area (Å²) in [5, 5.41) is 1.12. The summed E-state index contributed by atoms with van der Waals surface area (Å²) in [6, 6.07) is 0. The van der Waals surface area contributed by atoms with Crippen molar-refractivity contribution in [2.24, 2.45) is 0 Å². The highest BCUT2D eigenvalue weighted by Gasteiger charge is 2.42. The standard InChI is InChI=1S/C7H5Cl5/c1-2-7(12)5(10)3(8)4(9)6(7)11/h2H2,1H3. The van der Waals surface area contributed by atoms with Gasteiger partial charge in [0.2, 0.25) is 0 Å². The van der Waals surface area contributed by atoms with E-state index in [0.29, 0.717) is 16.5 Å². The zero-order chi connectivity index (χ0) is 9.52. The van der Waals surface area contributed by atoms with E-state index in [9.17, 15) is 0 Å². The molecule has 1 rings (SSSR count). The molecule has 0 spiro atoms. The summed E-state index contributed by atoms with van der Waals surface area (Å²) in [5.74, 6) is 0. The molecule has 0 heterocycles. The first-order valence-corrected chi connectivity index (χ1v) is 5.15.